The van der Waals surface area contributed by atoms with Crippen LogP contribution in [0.25, 0.3) is 22.8 Å². The number of halogens is 1. The van der Waals surface area contributed by atoms with Crippen molar-refractivity contribution in [3.8, 4) is 22.8 Å². The summed E-state index contributed by atoms with van der Waals surface area (Å²) in [5, 5.41) is 7.99. The molecule has 2 heterocycles. The van der Waals surface area contributed by atoms with Crippen LogP contribution >= 0.6 is 11.6 Å². The smallest absolute Gasteiger partial charge is 0.258 e. The molecule has 0 amide bonds. The summed E-state index contributed by atoms with van der Waals surface area (Å²) in [4.78, 5) is 11.0. The van der Waals surface area contributed by atoms with Gasteiger partial charge in [-0.25, -0.2) is 4.98 Å². The maximum atomic E-state index is 5.89. The molecule has 0 fully saturated rings. The van der Waals surface area contributed by atoms with Crippen molar-refractivity contribution in [2.45, 2.75) is 6.42 Å². The van der Waals surface area contributed by atoms with E-state index in [1.54, 1.807) is 18.3 Å². The first kappa shape index (κ1) is 17.4. The van der Waals surface area contributed by atoms with Gasteiger partial charge in [0, 0.05) is 28.9 Å². The van der Waals surface area contributed by atoms with Crippen molar-refractivity contribution >= 4 is 17.4 Å². The molecule has 0 aliphatic heterocycles. The molecule has 0 unspecified atom stereocenters. The van der Waals surface area contributed by atoms with Gasteiger partial charge in [0.25, 0.3) is 5.89 Å². The van der Waals surface area contributed by atoms with E-state index in [2.05, 4.69) is 39.4 Å². The molecule has 0 radical (unpaired) electrons. The normalized spacial score (nSPS) is 11.0. The van der Waals surface area contributed by atoms with E-state index in [1.165, 1.54) is 0 Å². The van der Waals surface area contributed by atoms with E-state index in [0.717, 1.165) is 36.5 Å². The minimum absolute atomic E-state index is 0.456. The zero-order valence-electron chi connectivity index (χ0n) is 14.2. The van der Waals surface area contributed by atoms with Gasteiger partial charge in [-0.2, -0.15) is 4.98 Å². The van der Waals surface area contributed by atoms with Crippen molar-refractivity contribution < 1.29 is 4.52 Å². The molecule has 0 aliphatic carbocycles. The first-order valence-corrected chi connectivity index (χ1v) is 8.44. The second-order valence-electron chi connectivity index (χ2n) is 5.95. The van der Waals surface area contributed by atoms with Crippen molar-refractivity contribution in [3.05, 3.63) is 47.6 Å². The molecule has 25 heavy (non-hydrogen) atoms. The van der Waals surface area contributed by atoms with E-state index in [0.29, 0.717) is 16.7 Å². The maximum absolute atomic E-state index is 5.89. The van der Waals surface area contributed by atoms with Crippen LogP contribution in [0, 0.1) is 0 Å². The summed E-state index contributed by atoms with van der Waals surface area (Å²) in [6.07, 6.45) is 2.80. The molecule has 0 spiro atoms. The molecule has 0 saturated heterocycles. The summed E-state index contributed by atoms with van der Waals surface area (Å²) >= 11 is 5.89. The van der Waals surface area contributed by atoms with Gasteiger partial charge in [-0.05, 0) is 63.5 Å². The van der Waals surface area contributed by atoms with Gasteiger partial charge >= 0.3 is 0 Å². The molecule has 3 aromatic rings. The lowest BCUT2D eigenvalue weighted by Gasteiger charge is -2.10. The zero-order valence-corrected chi connectivity index (χ0v) is 15.0. The van der Waals surface area contributed by atoms with Gasteiger partial charge in [0.15, 0.2) is 0 Å². The predicted molar refractivity (Wildman–Crippen MR) is 99.6 cm³/mol. The van der Waals surface area contributed by atoms with Crippen LogP contribution < -0.4 is 5.32 Å². The Hall–Kier alpha value is -2.44. The second kappa shape index (κ2) is 8.09. The number of pyridine rings is 1. The summed E-state index contributed by atoms with van der Waals surface area (Å²) in [6.45, 7) is 1.93. The number of benzene rings is 1. The molecule has 0 bridgehead atoms. The molecular weight excluding hydrogens is 338 g/mol. The molecule has 1 N–H and O–H groups in total. The standard InChI is InChI=1S/C18H20ClN5O/c1-24(2)11-3-10-20-16-9-6-14(12-21-16)17-22-18(25-23-17)13-4-7-15(19)8-5-13/h4-9,12H,3,10-11H2,1-2H3,(H,20,21). The molecule has 2 aromatic heterocycles. The zero-order chi connectivity index (χ0) is 17.6. The average Bonchev–Trinajstić information content (AvgIpc) is 3.10. The van der Waals surface area contributed by atoms with Crippen LogP contribution in [0.4, 0.5) is 5.82 Å². The molecule has 6 nitrogen and oxygen atoms in total. The third kappa shape index (κ3) is 4.78. The molecule has 0 aliphatic rings. The minimum atomic E-state index is 0.456. The highest BCUT2D eigenvalue weighted by Crippen LogP contribution is 2.23. The van der Waals surface area contributed by atoms with Gasteiger partial charge in [0.05, 0.1) is 0 Å². The van der Waals surface area contributed by atoms with Crippen LogP contribution in [-0.4, -0.2) is 47.2 Å². The van der Waals surface area contributed by atoms with Gasteiger partial charge in [0.2, 0.25) is 5.82 Å². The van der Waals surface area contributed by atoms with Gasteiger partial charge in [-0.1, -0.05) is 16.8 Å². The third-order valence-corrected chi connectivity index (χ3v) is 3.88. The molecule has 1 aromatic carbocycles. The molecule has 3 rings (SSSR count). The Morgan fingerprint density at radius 2 is 1.84 bits per heavy atom. The Labute approximate surface area is 151 Å². The van der Waals surface area contributed by atoms with Crippen LogP contribution in [0.3, 0.4) is 0 Å². The first-order chi connectivity index (χ1) is 12.1. The van der Waals surface area contributed by atoms with Crippen LogP contribution in [0.1, 0.15) is 6.42 Å². The molecule has 0 saturated carbocycles. The van der Waals surface area contributed by atoms with Crippen LogP contribution in [0.2, 0.25) is 5.02 Å². The number of hydrogen-bond donors (Lipinski definition) is 1. The topological polar surface area (TPSA) is 67.1 Å². The number of hydrogen-bond acceptors (Lipinski definition) is 6. The Bertz CT molecular complexity index is 799. The van der Waals surface area contributed by atoms with Gasteiger partial charge in [0.1, 0.15) is 5.82 Å². The number of rotatable bonds is 7. The van der Waals surface area contributed by atoms with Crippen LogP contribution in [0.15, 0.2) is 47.1 Å². The van der Waals surface area contributed by atoms with E-state index in [4.69, 9.17) is 16.1 Å². The average molecular weight is 358 g/mol. The quantitative estimate of drug-likeness (QED) is 0.648. The fraction of sp³-hybridized carbons (Fsp3) is 0.278. The molecule has 0 atom stereocenters. The largest absolute Gasteiger partial charge is 0.370 e. The van der Waals surface area contributed by atoms with Gasteiger partial charge in [-0.3, -0.25) is 0 Å². The van der Waals surface area contributed by atoms with E-state index < -0.39 is 0 Å². The number of nitrogens with zero attached hydrogens (tertiary/aromatic N) is 4. The lowest BCUT2D eigenvalue weighted by atomic mass is 10.2. The fourth-order valence-corrected chi connectivity index (χ4v) is 2.42. The highest BCUT2D eigenvalue weighted by molar-refractivity contribution is 6.30. The number of anilines is 1. The fourth-order valence-electron chi connectivity index (χ4n) is 2.29. The summed E-state index contributed by atoms with van der Waals surface area (Å²) in [5.41, 5.74) is 1.64. The van der Waals surface area contributed by atoms with Crippen LogP contribution in [0.5, 0.6) is 0 Å². The van der Waals surface area contributed by atoms with Crippen molar-refractivity contribution in [3.63, 3.8) is 0 Å². The monoisotopic (exact) mass is 357 g/mol. The van der Waals surface area contributed by atoms with Crippen LogP contribution in [-0.2, 0) is 0 Å². The van der Waals surface area contributed by atoms with Crippen molar-refractivity contribution in [2.24, 2.45) is 0 Å². The Morgan fingerprint density at radius 1 is 1.08 bits per heavy atom. The predicted octanol–water partition coefficient (Wildman–Crippen LogP) is 3.82. The molecular formula is C18H20ClN5O. The van der Waals surface area contributed by atoms with Gasteiger partial charge < -0.3 is 14.7 Å². The van der Waals surface area contributed by atoms with E-state index in [9.17, 15) is 0 Å². The summed E-state index contributed by atoms with van der Waals surface area (Å²) in [5.74, 6) is 1.80. The first-order valence-electron chi connectivity index (χ1n) is 8.06. The van der Waals surface area contributed by atoms with Crippen molar-refractivity contribution in [2.75, 3.05) is 32.5 Å². The summed E-state index contributed by atoms with van der Waals surface area (Å²) < 4.78 is 5.32. The van der Waals surface area contributed by atoms with Crippen molar-refractivity contribution in [1.29, 1.82) is 0 Å². The molecule has 130 valence electrons. The van der Waals surface area contributed by atoms with Gasteiger partial charge in [-0.15, -0.1) is 0 Å². The van der Waals surface area contributed by atoms with E-state index >= 15 is 0 Å². The highest BCUT2D eigenvalue weighted by atomic mass is 35.5. The maximum Gasteiger partial charge on any atom is 0.258 e. The summed E-state index contributed by atoms with van der Waals surface area (Å²) in [7, 11) is 4.13. The molecule has 7 heteroatoms. The Morgan fingerprint density at radius 3 is 2.52 bits per heavy atom. The van der Waals surface area contributed by atoms with E-state index in [1.807, 2.05) is 24.3 Å². The van der Waals surface area contributed by atoms with E-state index in [-0.39, 0.29) is 0 Å². The SMILES string of the molecule is CN(C)CCCNc1ccc(-c2noc(-c3ccc(Cl)cc3)n2)cn1. The Balaban J connectivity index is 1.63. The number of nitrogens with one attached hydrogen (secondary N) is 1. The lowest BCUT2D eigenvalue weighted by Crippen LogP contribution is -2.16. The second-order valence-corrected chi connectivity index (χ2v) is 6.38. The summed E-state index contributed by atoms with van der Waals surface area (Å²) in [6, 6.07) is 11.1. The number of aromatic nitrogens is 3. The van der Waals surface area contributed by atoms with Crippen molar-refractivity contribution in [1.82, 2.24) is 20.0 Å². The Kier molecular flexibility index (Phi) is 5.63. The third-order valence-electron chi connectivity index (χ3n) is 3.63. The lowest BCUT2D eigenvalue weighted by molar-refractivity contribution is 0.405. The highest BCUT2D eigenvalue weighted by Gasteiger charge is 2.11. The minimum Gasteiger partial charge on any atom is -0.370 e.